The minimum atomic E-state index is -4.02. The number of phenolic OH excluding ortho intramolecular Hbond substituents is 1. The van der Waals surface area contributed by atoms with Gasteiger partial charge in [0.1, 0.15) is 11.5 Å². The van der Waals surface area contributed by atoms with Gasteiger partial charge in [0.25, 0.3) is 5.91 Å². The van der Waals surface area contributed by atoms with Gasteiger partial charge in [-0.3, -0.25) is 4.79 Å². The van der Waals surface area contributed by atoms with Gasteiger partial charge in [0, 0.05) is 11.6 Å². The maximum absolute atomic E-state index is 13.7. The SMILES string of the molecule is COc1ccc2ccccc2c1CN(C(=O)c1cc(S(N)(=O)=O)ccc1O)C1CCCC1. The Hall–Kier alpha value is -3.10. The minimum absolute atomic E-state index is 0.0243. The molecule has 1 amide bonds. The molecular weight excluding hydrogens is 428 g/mol. The zero-order valence-corrected chi connectivity index (χ0v) is 18.6. The molecule has 8 heteroatoms. The van der Waals surface area contributed by atoms with Crippen molar-refractivity contribution < 1.29 is 23.1 Å². The fraction of sp³-hybridized carbons (Fsp3) is 0.292. The van der Waals surface area contributed by atoms with Crippen LogP contribution < -0.4 is 9.88 Å². The predicted octanol–water partition coefficient (Wildman–Crippen LogP) is 3.79. The van der Waals surface area contributed by atoms with Gasteiger partial charge >= 0.3 is 0 Å². The van der Waals surface area contributed by atoms with E-state index >= 15 is 0 Å². The van der Waals surface area contributed by atoms with Crippen molar-refractivity contribution in [3.63, 3.8) is 0 Å². The summed E-state index contributed by atoms with van der Waals surface area (Å²) in [6.07, 6.45) is 3.69. The molecule has 0 aromatic heterocycles. The first-order chi connectivity index (χ1) is 15.3. The number of phenols is 1. The van der Waals surface area contributed by atoms with Gasteiger partial charge in [0.15, 0.2) is 0 Å². The molecule has 0 heterocycles. The van der Waals surface area contributed by atoms with Crippen LogP contribution in [-0.4, -0.2) is 37.5 Å². The second kappa shape index (κ2) is 8.80. The van der Waals surface area contributed by atoms with E-state index in [1.54, 1.807) is 12.0 Å². The van der Waals surface area contributed by atoms with Crippen molar-refractivity contribution in [2.45, 2.75) is 43.2 Å². The van der Waals surface area contributed by atoms with Crippen LogP contribution in [0.3, 0.4) is 0 Å². The summed E-state index contributed by atoms with van der Waals surface area (Å²) in [6, 6.07) is 15.2. The molecule has 4 rings (SSSR count). The number of fused-ring (bicyclic) bond motifs is 1. The summed E-state index contributed by atoms with van der Waals surface area (Å²) in [7, 11) is -2.43. The fourth-order valence-electron chi connectivity index (χ4n) is 4.44. The normalized spacial score (nSPS) is 14.6. The average Bonchev–Trinajstić information content (AvgIpc) is 3.31. The predicted molar refractivity (Wildman–Crippen MR) is 122 cm³/mol. The van der Waals surface area contributed by atoms with Gasteiger partial charge < -0.3 is 14.7 Å². The van der Waals surface area contributed by atoms with Crippen LogP contribution in [0, 0.1) is 0 Å². The van der Waals surface area contributed by atoms with E-state index in [2.05, 4.69) is 0 Å². The third-order valence-corrected chi connectivity index (χ3v) is 7.01. The molecule has 0 bridgehead atoms. The van der Waals surface area contributed by atoms with E-state index in [1.165, 1.54) is 12.1 Å². The Morgan fingerprint density at radius 1 is 1.12 bits per heavy atom. The number of nitrogens with two attached hydrogens (primary N) is 1. The van der Waals surface area contributed by atoms with Crippen molar-refractivity contribution in [1.82, 2.24) is 4.90 Å². The van der Waals surface area contributed by atoms with E-state index < -0.39 is 15.9 Å². The van der Waals surface area contributed by atoms with Crippen LogP contribution in [0.15, 0.2) is 59.5 Å². The number of aromatic hydroxyl groups is 1. The van der Waals surface area contributed by atoms with Gasteiger partial charge in [-0.15, -0.1) is 0 Å². The highest BCUT2D eigenvalue weighted by atomic mass is 32.2. The molecule has 0 saturated heterocycles. The minimum Gasteiger partial charge on any atom is -0.507 e. The van der Waals surface area contributed by atoms with Crippen molar-refractivity contribution in [3.05, 3.63) is 65.7 Å². The number of sulfonamides is 1. The third kappa shape index (κ3) is 4.28. The number of hydrogen-bond acceptors (Lipinski definition) is 5. The number of carbonyl (C=O) groups is 1. The highest BCUT2D eigenvalue weighted by molar-refractivity contribution is 7.89. The van der Waals surface area contributed by atoms with Crippen molar-refractivity contribution in [3.8, 4) is 11.5 Å². The number of primary sulfonamides is 1. The van der Waals surface area contributed by atoms with Gasteiger partial charge in [-0.2, -0.15) is 0 Å². The van der Waals surface area contributed by atoms with Gasteiger partial charge in [-0.05, 0) is 47.9 Å². The number of hydrogen-bond donors (Lipinski definition) is 2. The van der Waals surface area contributed by atoms with E-state index in [4.69, 9.17) is 9.88 Å². The molecular formula is C24H26N2O5S. The van der Waals surface area contributed by atoms with Crippen LogP contribution in [0.2, 0.25) is 0 Å². The largest absolute Gasteiger partial charge is 0.507 e. The second-order valence-electron chi connectivity index (χ2n) is 8.06. The summed E-state index contributed by atoms with van der Waals surface area (Å²) < 4.78 is 29.2. The Labute approximate surface area is 187 Å². The number of methoxy groups -OCH3 is 1. The van der Waals surface area contributed by atoms with Gasteiger partial charge in [-0.1, -0.05) is 43.2 Å². The first-order valence-electron chi connectivity index (χ1n) is 10.5. The van der Waals surface area contributed by atoms with Crippen molar-refractivity contribution in [1.29, 1.82) is 0 Å². The molecule has 32 heavy (non-hydrogen) atoms. The lowest BCUT2D eigenvalue weighted by Crippen LogP contribution is -2.38. The molecule has 7 nitrogen and oxygen atoms in total. The maximum atomic E-state index is 13.7. The first kappa shape index (κ1) is 22.1. The standard InChI is InChI=1S/C24H26N2O5S/c1-31-23-13-10-16-6-2-5-9-19(16)21(23)15-26(17-7-3-4-8-17)24(28)20-14-18(32(25,29)30)11-12-22(20)27/h2,5-6,9-14,17,27H,3-4,7-8,15H2,1H3,(H2,25,29,30). The first-order valence-corrected chi connectivity index (χ1v) is 12.1. The lowest BCUT2D eigenvalue weighted by Gasteiger charge is -2.30. The van der Waals surface area contributed by atoms with E-state index in [-0.39, 0.29) is 28.8 Å². The molecule has 1 fully saturated rings. The zero-order valence-electron chi connectivity index (χ0n) is 17.8. The van der Waals surface area contributed by atoms with E-state index in [0.29, 0.717) is 5.75 Å². The summed E-state index contributed by atoms with van der Waals surface area (Å²) in [5, 5.41) is 17.6. The number of nitrogens with zero attached hydrogens (tertiary/aromatic N) is 1. The summed E-state index contributed by atoms with van der Waals surface area (Å²) in [5.41, 5.74) is 0.788. The molecule has 3 aromatic carbocycles. The van der Waals surface area contributed by atoms with Crippen LogP contribution in [0.4, 0.5) is 0 Å². The highest BCUT2D eigenvalue weighted by Crippen LogP contribution is 2.34. The Morgan fingerprint density at radius 2 is 1.84 bits per heavy atom. The molecule has 3 N–H and O–H groups in total. The molecule has 0 atom stereocenters. The Kier molecular flexibility index (Phi) is 6.08. The van der Waals surface area contributed by atoms with E-state index in [1.807, 2.05) is 36.4 Å². The molecule has 3 aromatic rings. The fourth-order valence-corrected chi connectivity index (χ4v) is 4.98. The smallest absolute Gasteiger partial charge is 0.258 e. The summed E-state index contributed by atoms with van der Waals surface area (Å²) in [6.45, 7) is 0.271. The number of amides is 1. The molecule has 168 valence electrons. The van der Waals surface area contributed by atoms with Gasteiger partial charge in [0.05, 0.1) is 24.1 Å². The van der Waals surface area contributed by atoms with Crippen LogP contribution in [0.5, 0.6) is 11.5 Å². The van der Waals surface area contributed by atoms with E-state index in [0.717, 1.165) is 48.1 Å². The Morgan fingerprint density at radius 3 is 2.53 bits per heavy atom. The summed E-state index contributed by atoms with van der Waals surface area (Å²) >= 11 is 0. The maximum Gasteiger partial charge on any atom is 0.258 e. The van der Waals surface area contributed by atoms with Crippen LogP contribution >= 0.6 is 0 Å². The second-order valence-corrected chi connectivity index (χ2v) is 9.62. The van der Waals surface area contributed by atoms with Gasteiger partial charge in [0.2, 0.25) is 10.0 Å². The lowest BCUT2D eigenvalue weighted by molar-refractivity contribution is 0.0660. The van der Waals surface area contributed by atoms with Crippen molar-refractivity contribution in [2.75, 3.05) is 7.11 Å². The molecule has 0 unspecified atom stereocenters. The average molecular weight is 455 g/mol. The number of rotatable bonds is 6. The molecule has 0 aliphatic heterocycles. The van der Waals surface area contributed by atoms with Gasteiger partial charge in [-0.25, -0.2) is 13.6 Å². The number of ether oxygens (including phenoxy) is 1. The van der Waals surface area contributed by atoms with Crippen molar-refractivity contribution >= 4 is 26.7 Å². The Balaban J connectivity index is 1.81. The summed E-state index contributed by atoms with van der Waals surface area (Å²) in [5.74, 6) is -0.0489. The van der Waals surface area contributed by atoms with Crippen LogP contribution in [0.1, 0.15) is 41.6 Å². The molecule has 1 saturated carbocycles. The summed E-state index contributed by atoms with van der Waals surface area (Å²) in [4.78, 5) is 15.2. The number of benzene rings is 3. The van der Waals surface area contributed by atoms with Crippen LogP contribution in [0.25, 0.3) is 10.8 Å². The zero-order chi connectivity index (χ0) is 22.9. The number of carbonyl (C=O) groups excluding carboxylic acids is 1. The quantitative estimate of drug-likeness (QED) is 0.589. The van der Waals surface area contributed by atoms with Crippen LogP contribution in [-0.2, 0) is 16.6 Å². The third-order valence-electron chi connectivity index (χ3n) is 6.10. The topological polar surface area (TPSA) is 110 Å². The molecule has 1 aliphatic rings. The van der Waals surface area contributed by atoms with Crippen molar-refractivity contribution in [2.24, 2.45) is 5.14 Å². The molecule has 1 aliphatic carbocycles. The monoisotopic (exact) mass is 454 g/mol. The highest BCUT2D eigenvalue weighted by Gasteiger charge is 2.31. The molecule has 0 radical (unpaired) electrons. The van der Waals surface area contributed by atoms with E-state index in [9.17, 15) is 18.3 Å². The lowest BCUT2D eigenvalue weighted by atomic mass is 10.0. The Bertz CT molecular complexity index is 1270. The molecule has 0 spiro atoms.